The topological polar surface area (TPSA) is 135 Å². The SMILES string of the molecule is Cn1ncnc1C1c2n[nH]c(=O)c3cc(F)cc(c23)NC1c1ccc(F)cc1.NC1CC1c1ccc(-c2cccc(O)c2)cc1. The van der Waals surface area contributed by atoms with Gasteiger partial charge >= 0.3 is 0 Å². The number of halogens is 2. The van der Waals surface area contributed by atoms with Crippen molar-refractivity contribution in [1.82, 2.24) is 25.0 Å². The van der Waals surface area contributed by atoms with E-state index in [-0.39, 0.29) is 11.2 Å². The number of nitrogens with one attached hydrogen (secondary N) is 2. The fraction of sp³-hybridized carbons (Fsp3) is 0.176. The maximum absolute atomic E-state index is 14.1. The molecule has 9 nitrogen and oxygen atoms in total. The van der Waals surface area contributed by atoms with Crippen LogP contribution >= 0.6 is 0 Å². The number of nitrogens with two attached hydrogens (primary N) is 1. The molecule has 2 aromatic heterocycles. The van der Waals surface area contributed by atoms with Crippen molar-refractivity contribution in [2.75, 3.05) is 5.32 Å². The highest BCUT2D eigenvalue weighted by Crippen LogP contribution is 2.46. The largest absolute Gasteiger partial charge is 0.508 e. The second-order valence-corrected chi connectivity index (χ2v) is 11.4. The van der Waals surface area contributed by atoms with E-state index >= 15 is 0 Å². The highest BCUT2D eigenvalue weighted by Gasteiger charge is 2.38. The van der Waals surface area contributed by atoms with Crippen molar-refractivity contribution in [2.45, 2.75) is 30.3 Å². The summed E-state index contributed by atoms with van der Waals surface area (Å²) >= 11 is 0. The van der Waals surface area contributed by atoms with E-state index in [9.17, 15) is 18.7 Å². The second-order valence-electron chi connectivity index (χ2n) is 11.4. The van der Waals surface area contributed by atoms with Gasteiger partial charge in [0.1, 0.15) is 29.5 Å². The number of phenols is 1. The average molecular weight is 606 g/mol. The third-order valence-corrected chi connectivity index (χ3v) is 8.43. The fourth-order valence-electron chi connectivity index (χ4n) is 6.05. The van der Waals surface area contributed by atoms with Crippen LogP contribution in [0.15, 0.2) is 96.1 Å². The van der Waals surface area contributed by atoms with Crippen LogP contribution < -0.4 is 16.6 Å². The third kappa shape index (κ3) is 5.42. The van der Waals surface area contributed by atoms with E-state index in [1.807, 2.05) is 12.1 Å². The Hall–Kier alpha value is -5.42. The van der Waals surface area contributed by atoms with Crippen LogP contribution in [0, 0.1) is 11.6 Å². The van der Waals surface area contributed by atoms with Gasteiger partial charge in [0, 0.05) is 30.1 Å². The number of nitrogens with zero attached hydrogens (tertiary/aromatic N) is 4. The highest BCUT2D eigenvalue weighted by molar-refractivity contribution is 5.97. The van der Waals surface area contributed by atoms with E-state index in [2.05, 4.69) is 49.9 Å². The molecule has 4 atom stereocenters. The van der Waals surface area contributed by atoms with Crippen molar-refractivity contribution in [3.8, 4) is 16.9 Å². The van der Waals surface area contributed by atoms with Gasteiger partial charge in [-0.25, -0.2) is 18.9 Å². The van der Waals surface area contributed by atoms with Crippen LogP contribution in [0.1, 0.15) is 46.9 Å². The lowest BCUT2D eigenvalue weighted by molar-refractivity contribution is 0.475. The number of H-pyrrole nitrogens is 1. The minimum absolute atomic E-state index is 0.206. The smallest absolute Gasteiger partial charge is 0.272 e. The van der Waals surface area contributed by atoms with Crippen LogP contribution in [0.3, 0.4) is 0 Å². The van der Waals surface area contributed by atoms with Gasteiger partial charge in [-0.2, -0.15) is 10.2 Å². The maximum atomic E-state index is 14.1. The molecule has 0 saturated heterocycles. The number of rotatable bonds is 4. The van der Waals surface area contributed by atoms with Crippen molar-refractivity contribution in [3.63, 3.8) is 0 Å². The van der Waals surface area contributed by atoms with Crippen LogP contribution in [0.25, 0.3) is 21.9 Å². The molecule has 1 fully saturated rings. The van der Waals surface area contributed by atoms with Crippen LogP contribution in [0.5, 0.6) is 5.75 Å². The quantitative estimate of drug-likeness (QED) is 0.208. The van der Waals surface area contributed by atoms with Crippen molar-refractivity contribution in [2.24, 2.45) is 12.8 Å². The van der Waals surface area contributed by atoms with Crippen LogP contribution in [0.2, 0.25) is 0 Å². The number of aromatic nitrogens is 5. The number of hydrogen-bond acceptors (Lipinski definition) is 7. The molecule has 4 unspecified atom stereocenters. The summed E-state index contributed by atoms with van der Waals surface area (Å²) < 4.78 is 29.2. The molecule has 1 saturated carbocycles. The van der Waals surface area contributed by atoms with Crippen molar-refractivity contribution in [1.29, 1.82) is 0 Å². The Kier molecular flexibility index (Phi) is 7.09. The number of benzene rings is 4. The van der Waals surface area contributed by atoms with Gasteiger partial charge in [0.15, 0.2) is 0 Å². The van der Waals surface area contributed by atoms with Gasteiger partial charge in [-0.05, 0) is 65.1 Å². The van der Waals surface area contributed by atoms with Gasteiger partial charge in [0.25, 0.3) is 5.56 Å². The molecule has 0 bridgehead atoms. The minimum Gasteiger partial charge on any atom is -0.508 e. The molecule has 3 heterocycles. The molecule has 6 aromatic rings. The van der Waals surface area contributed by atoms with Gasteiger partial charge in [-0.1, -0.05) is 48.5 Å². The number of aromatic hydroxyl groups is 1. The van der Waals surface area contributed by atoms with Crippen molar-refractivity contribution in [3.05, 3.63) is 136 Å². The third-order valence-electron chi connectivity index (χ3n) is 8.43. The fourth-order valence-corrected chi connectivity index (χ4v) is 6.05. The predicted molar refractivity (Wildman–Crippen MR) is 167 cm³/mol. The summed E-state index contributed by atoms with van der Waals surface area (Å²) in [5.41, 5.74) is 10.6. The summed E-state index contributed by atoms with van der Waals surface area (Å²) in [6.07, 6.45) is 2.53. The van der Waals surface area contributed by atoms with E-state index in [1.54, 1.807) is 36.0 Å². The zero-order valence-electron chi connectivity index (χ0n) is 24.2. The lowest BCUT2D eigenvalue weighted by atomic mass is 9.83. The van der Waals surface area contributed by atoms with E-state index in [0.29, 0.717) is 40.3 Å². The minimum atomic E-state index is -0.535. The average Bonchev–Trinajstić information content (AvgIpc) is 3.62. The maximum Gasteiger partial charge on any atom is 0.272 e. The zero-order chi connectivity index (χ0) is 31.2. The molecule has 2 aliphatic rings. The van der Waals surface area contributed by atoms with E-state index in [0.717, 1.165) is 23.1 Å². The van der Waals surface area contributed by atoms with Crippen LogP contribution in [-0.4, -0.2) is 36.1 Å². The molecular formula is C34H29F2N7O2. The first-order valence-corrected chi connectivity index (χ1v) is 14.5. The monoisotopic (exact) mass is 605 g/mol. The lowest BCUT2D eigenvalue weighted by Crippen LogP contribution is -2.30. The van der Waals surface area contributed by atoms with E-state index < -0.39 is 23.3 Å². The number of hydrogen-bond donors (Lipinski definition) is 4. The summed E-state index contributed by atoms with van der Waals surface area (Å²) in [6.45, 7) is 0. The molecule has 45 heavy (non-hydrogen) atoms. The first kappa shape index (κ1) is 28.4. The summed E-state index contributed by atoms with van der Waals surface area (Å²) in [7, 11) is 1.76. The molecule has 226 valence electrons. The first-order valence-electron chi connectivity index (χ1n) is 14.5. The Morgan fingerprint density at radius 2 is 1.67 bits per heavy atom. The summed E-state index contributed by atoms with van der Waals surface area (Å²) in [5, 5.41) is 24.4. The molecule has 11 heteroatoms. The molecule has 1 aliphatic heterocycles. The van der Waals surface area contributed by atoms with Crippen LogP contribution in [-0.2, 0) is 7.05 Å². The van der Waals surface area contributed by atoms with Crippen LogP contribution in [0.4, 0.5) is 14.5 Å². The molecule has 1 aliphatic carbocycles. The summed E-state index contributed by atoms with van der Waals surface area (Å²) in [5.74, 6) is 0.135. The molecule has 4 aromatic carbocycles. The van der Waals surface area contributed by atoms with Gasteiger partial charge in [-0.3, -0.25) is 9.48 Å². The summed E-state index contributed by atoms with van der Waals surface area (Å²) in [4.78, 5) is 16.6. The van der Waals surface area contributed by atoms with Gasteiger partial charge in [0.2, 0.25) is 0 Å². The number of phenolic OH excluding ortho intramolecular Hbond substituents is 1. The normalized spacial score (nSPS) is 19.8. The van der Waals surface area contributed by atoms with E-state index in [4.69, 9.17) is 5.73 Å². The number of aromatic amines is 1. The van der Waals surface area contributed by atoms with Gasteiger partial charge in [0.05, 0.1) is 23.0 Å². The van der Waals surface area contributed by atoms with Gasteiger partial charge < -0.3 is 16.2 Å². The standard InChI is InChI=1S/C19H14F2N6O.C15H15NO/c1-27-18(22-8-23-27)15-16(9-2-4-10(20)5-3-9)24-13-7-11(21)6-12-14(13)17(15)25-26-19(12)28;16-15-9-14(15)11-6-4-10(5-7-11)12-2-1-3-13(17)8-12/h2-8,15-16,24H,1H3,(H,26,28);1-8,14-15,17H,9,16H2. The first-order chi connectivity index (χ1) is 21.8. The number of aryl methyl sites for hydroxylation is 1. The lowest BCUT2D eigenvalue weighted by Gasteiger charge is -2.33. The Balaban J connectivity index is 0.000000163. The Morgan fingerprint density at radius 1 is 0.933 bits per heavy atom. The van der Waals surface area contributed by atoms with E-state index in [1.165, 1.54) is 36.2 Å². The molecule has 0 radical (unpaired) electrons. The predicted octanol–water partition coefficient (Wildman–Crippen LogP) is 5.50. The van der Waals surface area contributed by atoms with Crippen molar-refractivity contribution < 1.29 is 13.9 Å². The molecule has 5 N–H and O–H groups in total. The Morgan fingerprint density at radius 3 is 2.33 bits per heavy atom. The molecular weight excluding hydrogens is 576 g/mol. The molecule has 0 amide bonds. The highest BCUT2D eigenvalue weighted by atomic mass is 19.1. The van der Waals surface area contributed by atoms with Gasteiger partial charge in [-0.15, -0.1) is 0 Å². The number of anilines is 1. The Bertz CT molecular complexity index is 2080. The Labute approximate surface area is 256 Å². The molecule has 8 rings (SSSR count). The zero-order valence-corrected chi connectivity index (χ0v) is 24.2. The second kappa shape index (κ2) is 11.3. The summed E-state index contributed by atoms with van der Waals surface area (Å²) in [6, 6.07) is 24.3. The van der Waals surface area contributed by atoms with Crippen molar-refractivity contribution >= 4 is 16.5 Å². The molecule has 0 spiro atoms.